The average Bonchev–Trinajstić information content (AvgIpc) is 2.05. The van der Waals surface area contributed by atoms with Crippen LogP contribution in [0.3, 0.4) is 0 Å². The number of aliphatic imine (C=N–C) groups is 1. The molecule has 74 valence electrons. The number of rotatable bonds is 3. The lowest BCUT2D eigenvalue weighted by molar-refractivity contribution is -0.0814. The van der Waals surface area contributed by atoms with Crippen molar-refractivity contribution in [1.82, 2.24) is 0 Å². The van der Waals surface area contributed by atoms with Crippen molar-refractivity contribution in [2.75, 3.05) is 6.54 Å². The van der Waals surface area contributed by atoms with Crippen molar-refractivity contribution in [3.05, 3.63) is 12.3 Å². The summed E-state index contributed by atoms with van der Waals surface area (Å²) in [6, 6.07) is 0. The SMILES string of the molecule is CC1(C(F)(F)CCN)C=NC=CC1. The van der Waals surface area contributed by atoms with Crippen LogP contribution in [-0.4, -0.2) is 18.7 Å². The molecule has 1 rings (SSSR count). The first kappa shape index (κ1) is 10.3. The lowest BCUT2D eigenvalue weighted by Crippen LogP contribution is -2.42. The van der Waals surface area contributed by atoms with Gasteiger partial charge in [-0.15, -0.1) is 0 Å². The Hall–Kier alpha value is -0.770. The molecular weight excluding hydrogens is 174 g/mol. The first-order valence-electron chi connectivity index (χ1n) is 4.29. The third-order valence-corrected chi connectivity index (χ3v) is 2.39. The van der Waals surface area contributed by atoms with Crippen LogP contribution >= 0.6 is 0 Å². The molecule has 2 N–H and O–H groups in total. The van der Waals surface area contributed by atoms with Crippen LogP contribution in [0.25, 0.3) is 0 Å². The minimum absolute atomic E-state index is 0.000143. The smallest absolute Gasteiger partial charge is 0.259 e. The van der Waals surface area contributed by atoms with Crippen molar-refractivity contribution in [3.8, 4) is 0 Å². The van der Waals surface area contributed by atoms with E-state index < -0.39 is 11.3 Å². The van der Waals surface area contributed by atoms with Crippen molar-refractivity contribution >= 4 is 6.21 Å². The second-order valence-electron chi connectivity index (χ2n) is 3.53. The number of halogens is 2. The lowest BCUT2D eigenvalue weighted by Gasteiger charge is -2.34. The summed E-state index contributed by atoms with van der Waals surface area (Å²) in [5.74, 6) is -2.77. The van der Waals surface area contributed by atoms with E-state index in [-0.39, 0.29) is 13.0 Å². The highest BCUT2D eigenvalue weighted by Crippen LogP contribution is 2.41. The zero-order chi connectivity index (χ0) is 9.95. The van der Waals surface area contributed by atoms with Crippen LogP contribution in [-0.2, 0) is 0 Å². The molecule has 1 atom stereocenters. The first-order chi connectivity index (χ1) is 6.02. The third-order valence-electron chi connectivity index (χ3n) is 2.39. The summed E-state index contributed by atoms with van der Waals surface area (Å²) in [4.78, 5) is 3.75. The molecule has 1 unspecified atom stereocenters. The summed E-state index contributed by atoms with van der Waals surface area (Å²) in [7, 11) is 0. The van der Waals surface area contributed by atoms with Crippen LogP contribution in [0.15, 0.2) is 17.3 Å². The number of alkyl halides is 2. The largest absolute Gasteiger partial charge is 0.330 e. The normalized spacial score (nSPS) is 28.0. The average molecular weight is 188 g/mol. The number of hydrogen-bond acceptors (Lipinski definition) is 2. The molecule has 0 radical (unpaired) electrons. The highest BCUT2D eigenvalue weighted by molar-refractivity contribution is 5.69. The highest BCUT2D eigenvalue weighted by Gasteiger charge is 2.47. The lowest BCUT2D eigenvalue weighted by atomic mass is 9.79. The van der Waals surface area contributed by atoms with Gasteiger partial charge in [-0.2, -0.15) is 0 Å². The van der Waals surface area contributed by atoms with Gasteiger partial charge in [0.1, 0.15) is 0 Å². The number of allylic oxidation sites excluding steroid dienone is 1. The Morgan fingerprint density at radius 1 is 1.62 bits per heavy atom. The van der Waals surface area contributed by atoms with E-state index in [1.54, 1.807) is 12.3 Å². The molecule has 0 aliphatic carbocycles. The Kier molecular flexibility index (Phi) is 2.81. The molecule has 0 spiro atoms. The maximum atomic E-state index is 13.5. The molecule has 4 heteroatoms. The van der Waals surface area contributed by atoms with Gasteiger partial charge in [-0.05, 0) is 19.9 Å². The van der Waals surface area contributed by atoms with Gasteiger partial charge in [0, 0.05) is 18.8 Å². The van der Waals surface area contributed by atoms with Gasteiger partial charge in [0.15, 0.2) is 0 Å². The minimum Gasteiger partial charge on any atom is -0.330 e. The molecule has 0 aromatic rings. The molecule has 0 fully saturated rings. The fraction of sp³-hybridized carbons (Fsp3) is 0.667. The molecule has 0 bridgehead atoms. The maximum Gasteiger partial charge on any atom is 0.259 e. The van der Waals surface area contributed by atoms with Crippen LogP contribution in [0.5, 0.6) is 0 Å². The number of nitrogens with two attached hydrogens (primary N) is 1. The number of hydrogen-bond donors (Lipinski definition) is 1. The monoisotopic (exact) mass is 188 g/mol. The summed E-state index contributed by atoms with van der Waals surface area (Å²) in [6.07, 6.45) is 4.56. The quantitative estimate of drug-likeness (QED) is 0.722. The molecule has 0 saturated heterocycles. The molecule has 0 saturated carbocycles. The van der Waals surface area contributed by atoms with E-state index in [0.717, 1.165) is 0 Å². The standard InChI is InChI=1S/C9H14F2N2/c1-8(3-2-6-13-7-8)9(10,11)4-5-12/h2,6-7H,3-5,12H2,1H3. The van der Waals surface area contributed by atoms with E-state index in [2.05, 4.69) is 4.99 Å². The van der Waals surface area contributed by atoms with E-state index in [9.17, 15) is 8.78 Å². The second-order valence-corrected chi connectivity index (χ2v) is 3.53. The van der Waals surface area contributed by atoms with Gasteiger partial charge >= 0.3 is 0 Å². The number of nitrogens with zero attached hydrogens (tertiary/aromatic N) is 1. The minimum atomic E-state index is -2.77. The van der Waals surface area contributed by atoms with E-state index in [0.29, 0.717) is 6.42 Å². The highest BCUT2D eigenvalue weighted by atomic mass is 19.3. The molecule has 0 amide bonds. The molecule has 1 aliphatic heterocycles. The summed E-state index contributed by atoms with van der Waals surface area (Å²) in [5, 5.41) is 0. The molecule has 0 aromatic carbocycles. The van der Waals surface area contributed by atoms with E-state index in [1.807, 2.05) is 0 Å². The topological polar surface area (TPSA) is 38.4 Å². The van der Waals surface area contributed by atoms with Gasteiger partial charge in [-0.3, -0.25) is 4.99 Å². The van der Waals surface area contributed by atoms with Crippen LogP contribution < -0.4 is 5.73 Å². The van der Waals surface area contributed by atoms with E-state index in [1.165, 1.54) is 13.1 Å². The van der Waals surface area contributed by atoms with E-state index >= 15 is 0 Å². The summed E-state index contributed by atoms with van der Waals surface area (Å²) >= 11 is 0. The molecule has 0 aromatic heterocycles. The van der Waals surface area contributed by atoms with Crippen molar-refractivity contribution < 1.29 is 8.78 Å². The molecule has 1 aliphatic rings. The van der Waals surface area contributed by atoms with Crippen molar-refractivity contribution in [2.24, 2.45) is 16.1 Å². The van der Waals surface area contributed by atoms with Gasteiger partial charge < -0.3 is 5.73 Å². The Labute approximate surface area is 76.5 Å². The van der Waals surface area contributed by atoms with Crippen molar-refractivity contribution in [3.63, 3.8) is 0 Å². The van der Waals surface area contributed by atoms with Crippen molar-refractivity contribution in [1.29, 1.82) is 0 Å². The fourth-order valence-electron chi connectivity index (χ4n) is 1.33. The van der Waals surface area contributed by atoms with Crippen LogP contribution in [0.2, 0.25) is 0 Å². The summed E-state index contributed by atoms with van der Waals surface area (Å²) in [6.45, 7) is 1.51. The molecule has 1 heterocycles. The Bertz CT molecular complexity index is 236. The van der Waals surface area contributed by atoms with Gasteiger partial charge in [-0.1, -0.05) is 6.08 Å². The third kappa shape index (κ3) is 1.94. The zero-order valence-electron chi connectivity index (χ0n) is 7.63. The van der Waals surface area contributed by atoms with Gasteiger partial charge in [-0.25, -0.2) is 8.78 Å². The van der Waals surface area contributed by atoms with Gasteiger partial charge in [0.2, 0.25) is 0 Å². The maximum absolute atomic E-state index is 13.5. The van der Waals surface area contributed by atoms with Crippen LogP contribution in [0.1, 0.15) is 19.8 Å². The molecular formula is C9H14F2N2. The summed E-state index contributed by atoms with van der Waals surface area (Å²) in [5.41, 5.74) is 3.97. The van der Waals surface area contributed by atoms with Gasteiger partial charge in [0.05, 0.1) is 5.41 Å². The van der Waals surface area contributed by atoms with Crippen molar-refractivity contribution in [2.45, 2.75) is 25.7 Å². The second kappa shape index (κ2) is 3.54. The summed E-state index contributed by atoms with van der Waals surface area (Å²) < 4.78 is 27.0. The molecule has 13 heavy (non-hydrogen) atoms. The predicted molar refractivity (Wildman–Crippen MR) is 49.0 cm³/mol. The zero-order valence-corrected chi connectivity index (χ0v) is 7.63. The fourth-order valence-corrected chi connectivity index (χ4v) is 1.33. The van der Waals surface area contributed by atoms with Crippen LogP contribution in [0.4, 0.5) is 8.78 Å². The molecule has 2 nitrogen and oxygen atoms in total. The Morgan fingerprint density at radius 3 is 2.77 bits per heavy atom. The van der Waals surface area contributed by atoms with Crippen LogP contribution in [0, 0.1) is 5.41 Å². The Balaban J connectivity index is 2.79. The Morgan fingerprint density at radius 2 is 2.31 bits per heavy atom. The van der Waals surface area contributed by atoms with Gasteiger partial charge in [0.25, 0.3) is 5.92 Å². The predicted octanol–water partition coefficient (Wildman–Crippen LogP) is 1.97. The van der Waals surface area contributed by atoms with E-state index in [4.69, 9.17) is 5.73 Å². The first-order valence-corrected chi connectivity index (χ1v) is 4.29.